The summed E-state index contributed by atoms with van der Waals surface area (Å²) in [4.78, 5) is 11.0. The van der Waals surface area contributed by atoms with Gasteiger partial charge in [0.1, 0.15) is 6.04 Å². The van der Waals surface area contributed by atoms with Gasteiger partial charge in [-0.25, -0.2) is 0 Å². The van der Waals surface area contributed by atoms with E-state index in [-0.39, 0.29) is 10.9 Å². The molecule has 3 N–H and O–H groups in total. The van der Waals surface area contributed by atoms with Gasteiger partial charge in [-0.1, -0.05) is 0 Å². The van der Waals surface area contributed by atoms with Crippen LogP contribution in [0.25, 0.3) is 10.9 Å². The lowest BCUT2D eigenvalue weighted by Crippen LogP contribution is -2.20. The van der Waals surface area contributed by atoms with Crippen LogP contribution in [0.1, 0.15) is 24.1 Å². The molecule has 2 aromatic rings. The van der Waals surface area contributed by atoms with Crippen LogP contribution in [0.5, 0.6) is 0 Å². The Morgan fingerprint density at radius 3 is 2.60 bits per heavy atom. The summed E-state index contributed by atoms with van der Waals surface area (Å²) in [5, 5.41) is 9.17. The van der Waals surface area contributed by atoms with Crippen molar-refractivity contribution in [3.05, 3.63) is 35.5 Å². The van der Waals surface area contributed by atoms with Crippen molar-refractivity contribution in [2.75, 3.05) is 0 Å². The van der Waals surface area contributed by atoms with Gasteiger partial charge in [-0.3, -0.25) is 4.79 Å². The standard InChI is InChI=1S/C13H13F3N2O2/c1-2-18-6-9(11(17)12(19)20)8-5-7(13(14,15)16)3-4-10(8)18/h3-6,11H,2,17H2,1H3,(H,19,20). The summed E-state index contributed by atoms with van der Waals surface area (Å²) in [5.41, 5.74) is 5.43. The third-order valence-electron chi connectivity index (χ3n) is 3.18. The summed E-state index contributed by atoms with van der Waals surface area (Å²) in [6.07, 6.45) is -2.99. The lowest BCUT2D eigenvalue weighted by atomic mass is 10.0. The summed E-state index contributed by atoms with van der Waals surface area (Å²) in [6.45, 7) is 2.32. The van der Waals surface area contributed by atoms with Crippen LogP contribution in [0.4, 0.5) is 13.2 Å². The molecule has 0 spiro atoms. The third kappa shape index (κ3) is 2.36. The molecule has 2 rings (SSSR count). The van der Waals surface area contributed by atoms with Gasteiger partial charge in [-0.15, -0.1) is 0 Å². The minimum absolute atomic E-state index is 0.181. The molecule has 108 valence electrons. The van der Waals surface area contributed by atoms with Crippen LogP contribution in [0.2, 0.25) is 0 Å². The van der Waals surface area contributed by atoms with Gasteiger partial charge in [-0.05, 0) is 25.1 Å². The van der Waals surface area contributed by atoms with Crippen molar-refractivity contribution in [3.63, 3.8) is 0 Å². The highest BCUT2D eigenvalue weighted by Crippen LogP contribution is 2.34. The second-order valence-corrected chi connectivity index (χ2v) is 4.42. The van der Waals surface area contributed by atoms with E-state index in [9.17, 15) is 18.0 Å². The molecular weight excluding hydrogens is 273 g/mol. The number of aryl methyl sites for hydroxylation is 1. The Kier molecular flexibility index (Phi) is 3.47. The number of nitrogens with two attached hydrogens (primary N) is 1. The minimum Gasteiger partial charge on any atom is -0.480 e. The quantitative estimate of drug-likeness (QED) is 0.911. The van der Waals surface area contributed by atoms with Gasteiger partial charge in [0.25, 0.3) is 0 Å². The van der Waals surface area contributed by atoms with Crippen LogP contribution in [0.3, 0.4) is 0 Å². The van der Waals surface area contributed by atoms with Crippen molar-refractivity contribution < 1.29 is 23.1 Å². The second-order valence-electron chi connectivity index (χ2n) is 4.42. The molecule has 1 heterocycles. The van der Waals surface area contributed by atoms with Crippen LogP contribution < -0.4 is 5.73 Å². The second kappa shape index (κ2) is 4.82. The zero-order valence-electron chi connectivity index (χ0n) is 10.6. The number of hydrogen-bond donors (Lipinski definition) is 2. The molecule has 4 nitrogen and oxygen atoms in total. The number of rotatable bonds is 3. The van der Waals surface area contributed by atoms with Crippen LogP contribution in [0, 0.1) is 0 Å². The first-order valence-electron chi connectivity index (χ1n) is 5.94. The van der Waals surface area contributed by atoms with Gasteiger partial charge in [0.05, 0.1) is 5.56 Å². The summed E-state index contributed by atoms with van der Waals surface area (Å²) < 4.78 is 39.9. The van der Waals surface area contributed by atoms with Crippen LogP contribution in [-0.2, 0) is 17.5 Å². The average molecular weight is 286 g/mol. The molecular formula is C13H13F3N2O2. The molecule has 0 bridgehead atoms. The van der Waals surface area contributed by atoms with Gasteiger partial charge < -0.3 is 15.4 Å². The summed E-state index contributed by atoms with van der Waals surface area (Å²) in [6, 6.07) is 1.90. The molecule has 0 aliphatic heterocycles. The number of halogens is 3. The highest BCUT2D eigenvalue weighted by Gasteiger charge is 2.31. The first-order valence-corrected chi connectivity index (χ1v) is 5.94. The Morgan fingerprint density at radius 2 is 2.10 bits per heavy atom. The Labute approximate surface area is 112 Å². The average Bonchev–Trinajstić information content (AvgIpc) is 2.74. The van der Waals surface area contributed by atoms with Crippen molar-refractivity contribution in [1.82, 2.24) is 4.57 Å². The van der Waals surface area contributed by atoms with Crippen LogP contribution >= 0.6 is 0 Å². The number of fused-ring (bicyclic) bond motifs is 1. The molecule has 0 saturated carbocycles. The fraction of sp³-hybridized carbons (Fsp3) is 0.308. The van der Waals surface area contributed by atoms with Gasteiger partial charge in [-0.2, -0.15) is 13.2 Å². The Bertz CT molecular complexity index is 661. The van der Waals surface area contributed by atoms with E-state index in [0.29, 0.717) is 12.1 Å². The molecule has 7 heteroatoms. The van der Waals surface area contributed by atoms with Gasteiger partial charge in [0.15, 0.2) is 0 Å². The Hall–Kier alpha value is -2.02. The van der Waals surface area contributed by atoms with E-state index in [1.165, 1.54) is 12.3 Å². The molecule has 0 amide bonds. The molecule has 20 heavy (non-hydrogen) atoms. The molecule has 1 aromatic carbocycles. The van der Waals surface area contributed by atoms with Crippen LogP contribution in [0.15, 0.2) is 24.4 Å². The van der Waals surface area contributed by atoms with Gasteiger partial charge in [0.2, 0.25) is 0 Å². The predicted octanol–water partition coefficient (Wildman–Crippen LogP) is 2.76. The number of aliphatic carboxylic acids is 1. The number of alkyl halides is 3. The third-order valence-corrected chi connectivity index (χ3v) is 3.18. The van der Waals surface area contributed by atoms with E-state index >= 15 is 0 Å². The zero-order chi connectivity index (χ0) is 15.1. The molecule has 0 aliphatic rings. The number of carboxylic acids is 1. The maximum absolute atomic E-state index is 12.7. The first kappa shape index (κ1) is 14.4. The molecule has 1 atom stereocenters. The van der Waals surface area contributed by atoms with E-state index in [4.69, 9.17) is 10.8 Å². The monoisotopic (exact) mass is 286 g/mol. The number of carbonyl (C=O) groups is 1. The number of aromatic nitrogens is 1. The maximum atomic E-state index is 12.7. The molecule has 1 aromatic heterocycles. The highest BCUT2D eigenvalue weighted by atomic mass is 19.4. The lowest BCUT2D eigenvalue weighted by molar-refractivity contribution is -0.139. The van der Waals surface area contributed by atoms with Crippen LogP contribution in [-0.4, -0.2) is 15.6 Å². The van der Waals surface area contributed by atoms with E-state index in [1.807, 2.05) is 6.92 Å². The number of carboxylic acid groups (broad SMARTS) is 1. The highest BCUT2D eigenvalue weighted by molar-refractivity contribution is 5.90. The largest absolute Gasteiger partial charge is 0.480 e. The zero-order valence-corrected chi connectivity index (χ0v) is 10.6. The Balaban J connectivity index is 2.71. The molecule has 0 saturated heterocycles. The fourth-order valence-corrected chi connectivity index (χ4v) is 2.14. The fourth-order valence-electron chi connectivity index (χ4n) is 2.14. The minimum atomic E-state index is -4.48. The predicted molar refractivity (Wildman–Crippen MR) is 67.2 cm³/mol. The molecule has 1 unspecified atom stereocenters. The van der Waals surface area contributed by atoms with E-state index in [1.54, 1.807) is 4.57 Å². The van der Waals surface area contributed by atoms with Crippen molar-refractivity contribution in [2.24, 2.45) is 5.73 Å². The number of hydrogen-bond acceptors (Lipinski definition) is 2. The molecule has 0 aliphatic carbocycles. The smallest absolute Gasteiger partial charge is 0.416 e. The van der Waals surface area contributed by atoms with Gasteiger partial charge in [0, 0.05) is 29.2 Å². The van der Waals surface area contributed by atoms with E-state index in [0.717, 1.165) is 12.1 Å². The SMILES string of the molecule is CCn1cc(C(N)C(=O)O)c2cc(C(F)(F)F)ccc21. The normalized spacial score (nSPS) is 13.7. The van der Waals surface area contributed by atoms with Crippen molar-refractivity contribution >= 4 is 16.9 Å². The van der Waals surface area contributed by atoms with E-state index < -0.39 is 23.8 Å². The number of nitrogens with zero attached hydrogens (tertiary/aromatic N) is 1. The van der Waals surface area contributed by atoms with Crippen molar-refractivity contribution in [2.45, 2.75) is 25.7 Å². The van der Waals surface area contributed by atoms with Crippen molar-refractivity contribution in [1.29, 1.82) is 0 Å². The van der Waals surface area contributed by atoms with Gasteiger partial charge >= 0.3 is 12.1 Å². The summed E-state index contributed by atoms with van der Waals surface area (Å²) >= 11 is 0. The first-order chi connectivity index (χ1) is 9.25. The lowest BCUT2D eigenvalue weighted by Gasteiger charge is -2.08. The molecule has 0 radical (unpaired) electrons. The summed E-state index contributed by atoms with van der Waals surface area (Å²) in [5.74, 6) is -1.28. The topological polar surface area (TPSA) is 68.2 Å². The van der Waals surface area contributed by atoms with Crippen molar-refractivity contribution in [3.8, 4) is 0 Å². The van der Waals surface area contributed by atoms with E-state index in [2.05, 4.69) is 0 Å². The maximum Gasteiger partial charge on any atom is 0.416 e. The summed E-state index contributed by atoms with van der Waals surface area (Å²) in [7, 11) is 0. The molecule has 0 fully saturated rings. The number of benzene rings is 1. The Morgan fingerprint density at radius 1 is 1.45 bits per heavy atom.